The lowest BCUT2D eigenvalue weighted by Gasteiger charge is -2.31. The third-order valence-corrected chi connectivity index (χ3v) is 5.66. The van der Waals surface area contributed by atoms with Gasteiger partial charge in [-0.25, -0.2) is 19.3 Å². The summed E-state index contributed by atoms with van der Waals surface area (Å²) in [6.07, 6.45) is 5.87. The zero-order valence-electron chi connectivity index (χ0n) is 19.6. The first-order valence-electron chi connectivity index (χ1n) is 11.1. The molecule has 4 aromatic rings. The van der Waals surface area contributed by atoms with Gasteiger partial charge in [0.05, 0.1) is 30.0 Å². The van der Waals surface area contributed by atoms with Gasteiger partial charge in [0.25, 0.3) is 0 Å². The van der Waals surface area contributed by atoms with Gasteiger partial charge in [-0.05, 0) is 25.0 Å². The molecule has 1 fully saturated rings. The van der Waals surface area contributed by atoms with Crippen LogP contribution in [0.4, 0.5) is 19.0 Å². The minimum absolute atomic E-state index is 0.183. The van der Waals surface area contributed by atoms with E-state index >= 15 is 0 Å². The van der Waals surface area contributed by atoms with Gasteiger partial charge >= 0.3 is 12.1 Å². The van der Waals surface area contributed by atoms with Crippen LogP contribution in [-0.4, -0.2) is 65.7 Å². The quantitative estimate of drug-likeness (QED) is 0.421. The van der Waals surface area contributed by atoms with Crippen molar-refractivity contribution in [3.63, 3.8) is 0 Å². The minimum Gasteiger partial charge on any atom is -0.475 e. The molecule has 0 amide bonds. The molecule has 0 saturated carbocycles. The standard InChI is InChI=1S/C21H21N9.C2HF3O2/c1-28-11-16(10-25-28)18-13-30-21(15(7-22)9-26-30)20(27-18)14-4-5-19(24-8-14)29-6-2-3-17(23)12-29;3-2(4,5)1(6)7/h4-5,8-11,13,17H,2-3,6,12,23H2,1H3;(H,6,7)/t17-;/m1./s1. The molecule has 0 unspecified atom stereocenters. The molecular formula is C23H22F3N9O2. The van der Waals surface area contributed by atoms with Crippen LogP contribution in [-0.2, 0) is 11.8 Å². The molecule has 0 radical (unpaired) electrons. The van der Waals surface area contributed by atoms with E-state index in [0.717, 1.165) is 48.6 Å². The SMILES string of the molecule is Cn1cc(-c2cn3ncc(C#N)c3c(-c3ccc(N4CCC[C@@H](N)C4)nc3)n2)cn1.O=C(O)C(F)(F)F. The Bertz CT molecular complexity index is 1460. The first-order valence-corrected chi connectivity index (χ1v) is 11.1. The van der Waals surface area contributed by atoms with Crippen molar-refractivity contribution < 1.29 is 23.1 Å². The molecule has 0 bridgehead atoms. The Kier molecular flexibility index (Phi) is 7.07. The van der Waals surface area contributed by atoms with Crippen molar-refractivity contribution in [3.8, 4) is 28.6 Å². The Balaban J connectivity index is 0.000000405. The van der Waals surface area contributed by atoms with Crippen LogP contribution >= 0.6 is 0 Å². The molecular weight excluding hydrogens is 491 g/mol. The number of carbonyl (C=O) groups is 1. The van der Waals surface area contributed by atoms with Crippen LogP contribution in [0.1, 0.15) is 18.4 Å². The van der Waals surface area contributed by atoms with Crippen molar-refractivity contribution in [1.82, 2.24) is 29.4 Å². The van der Waals surface area contributed by atoms with Gasteiger partial charge in [0, 0.05) is 49.7 Å². The summed E-state index contributed by atoms with van der Waals surface area (Å²) >= 11 is 0. The summed E-state index contributed by atoms with van der Waals surface area (Å²) in [5.41, 5.74) is 10.3. The molecule has 1 aliphatic rings. The molecule has 1 saturated heterocycles. The van der Waals surface area contributed by atoms with Crippen LogP contribution in [0.5, 0.6) is 0 Å². The molecule has 14 heteroatoms. The fraction of sp³-hybridized carbons (Fsp3) is 0.304. The Hall–Kier alpha value is -4.51. The maximum absolute atomic E-state index is 10.6. The Morgan fingerprint density at radius 1 is 1.19 bits per heavy atom. The number of carboxylic acid groups (broad SMARTS) is 1. The van der Waals surface area contributed by atoms with E-state index in [1.807, 2.05) is 31.6 Å². The second kappa shape index (κ2) is 10.2. The normalized spacial score (nSPS) is 15.7. The molecule has 11 nitrogen and oxygen atoms in total. The highest BCUT2D eigenvalue weighted by molar-refractivity contribution is 5.83. The van der Waals surface area contributed by atoms with Gasteiger partial charge < -0.3 is 15.7 Å². The highest BCUT2D eigenvalue weighted by Crippen LogP contribution is 2.29. The zero-order valence-corrected chi connectivity index (χ0v) is 19.6. The van der Waals surface area contributed by atoms with E-state index in [0.29, 0.717) is 16.8 Å². The van der Waals surface area contributed by atoms with E-state index < -0.39 is 12.1 Å². The smallest absolute Gasteiger partial charge is 0.475 e. The van der Waals surface area contributed by atoms with Gasteiger partial charge in [-0.3, -0.25) is 4.68 Å². The predicted octanol–water partition coefficient (Wildman–Crippen LogP) is 2.62. The number of pyridine rings is 1. The Morgan fingerprint density at radius 3 is 2.51 bits per heavy atom. The maximum atomic E-state index is 10.6. The number of piperidine rings is 1. The highest BCUT2D eigenvalue weighted by atomic mass is 19.4. The van der Waals surface area contributed by atoms with Crippen molar-refractivity contribution in [2.24, 2.45) is 12.8 Å². The number of aliphatic carboxylic acids is 1. The monoisotopic (exact) mass is 513 g/mol. The second-order valence-electron chi connectivity index (χ2n) is 8.40. The molecule has 0 aliphatic carbocycles. The van der Waals surface area contributed by atoms with Crippen LogP contribution in [0.2, 0.25) is 0 Å². The number of alkyl halides is 3. The van der Waals surface area contributed by atoms with E-state index in [4.69, 9.17) is 20.6 Å². The number of nitrogens with two attached hydrogens (primary N) is 1. The van der Waals surface area contributed by atoms with Crippen LogP contribution in [0.25, 0.3) is 28.0 Å². The molecule has 5 heterocycles. The number of halogens is 3. The second-order valence-corrected chi connectivity index (χ2v) is 8.40. The first-order chi connectivity index (χ1) is 17.6. The largest absolute Gasteiger partial charge is 0.490 e. The van der Waals surface area contributed by atoms with Crippen molar-refractivity contribution in [1.29, 1.82) is 5.26 Å². The summed E-state index contributed by atoms with van der Waals surface area (Å²) in [6.45, 7) is 1.77. The van der Waals surface area contributed by atoms with E-state index in [1.54, 1.807) is 27.8 Å². The van der Waals surface area contributed by atoms with Crippen LogP contribution in [0, 0.1) is 11.3 Å². The average molecular weight is 513 g/mol. The molecule has 1 atom stereocenters. The maximum Gasteiger partial charge on any atom is 0.490 e. The molecule has 4 aromatic heterocycles. The molecule has 3 N–H and O–H groups in total. The predicted molar refractivity (Wildman–Crippen MR) is 126 cm³/mol. The lowest BCUT2D eigenvalue weighted by Crippen LogP contribution is -2.43. The summed E-state index contributed by atoms with van der Waals surface area (Å²) < 4.78 is 35.2. The number of nitriles is 1. The van der Waals surface area contributed by atoms with Gasteiger partial charge in [-0.15, -0.1) is 0 Å². The lowest BCUT2D eigenvalue weighted by molar-refractivity contribution is -0.192. The Labute approximate surface area is 208 Å². The zero-order chi connectivity index (χ0) is 26.7. The summed E-state index contributed by atoms with van der Waals surface area (Å²) in [7, 11) is 1.86. The van der Waals surface area contributed by atoms with Gasteiger partial charge in [0.15, 0.2) is 0 Å². The summed E-state index contributed by atoms with van der Waals surface area (Å²) in [5, 5.41) is 25.3. The molecule has 5 rings (SSSR count). The molecule has 0 aromatic carbocycles. The molecule has 37 heavy (non-hydrogen) atoms. The van der Waals surface area contributed by atoms with Gasteiger partial charge in [-0.1, -0.05) is 0 Å². The molecule has 0 spiro atoms. The molecule has 1 aliphatic heterocycles. The fourth-order valence-corrected chi connectivity index (χ4v) is 3.92. The number of fused-ring (bicyclic) bond motifs is 1. The topological polar surface area (TPSA) is 151 Å². The van der Waals surface area contributed by atoms with Crippen LogP contribution in [0.15, 0.2) is 43.1 Å². The van der Waals surface area contributed by atoms with Crippen LogP contribution < -0.4 is 10.6 Å². The summed E-state index contributed by atoms with van der Waals surface area (Å²) in [5.74, 6) is -1.85. The van der Waals surface area contributed by atoms with Crippen molar-refractivity contribution in [2.45, 2.75) is 25.1 Å². The van der Waals surface area contributed by atoms with E-state index in [2.05, 4.69) is 26.2 Å². The van der Waals surface area contributed by atoms with E-state index in [9.17, 15) is 18.4 Å². The number of aryl methyl sites for hydroxylation is 1. The number of aromatic nitrogens is 6. The van der Waals surface area contributed by atoms with Gasteiger partial charge in [0.1, 0.15) is 23.0 Å². The van der Waals surface area contributed by atoms with E-state index in [1.165, 1.54) is 0 Å². The highest BCUT2D eigenvalue weighted by Gasteiger charge is 2.38. The van der Waals surface area contributed by atoms with Crippen molar-refractivity contribution in [2.75, 3.05) is 18.0 Å². The van der Waals surface area contributed by atoms with E-state index in [-0.39, 0.29) is 6.04 Å². The third kappa shape index (κ3) is 5.67. The fourth-order valence-electron chi connectivity index (χ4n) is 3.92. The number of hydrogen-bond acceptors (Lipinski definition) is 8. The lowest BCUT2D eigenvalue weighted by atomic mass is 10.1. The number of anilines is 1. The van der Waals surface area contributed by atoms with Crippen molar-refractivity contribution in [3.05, 3.63) is 48.7 Å². The first kappa shape index (κ1) is 25.6. The molecule has 192 valence electrons. The number of rotatable bonds is 3. The number of nitrogens with zero attached hydrogens (tertiary/aromatic N) is 8. The van der Waals surface area contributed by atoms with Gasteiger partial charge in [0.2, 0.25) is 0 Å². The van der Waals surface area contributed by atoms with Crippen molar-refractivity contribution >= 4 is 17.3 Å². The minimum atomic E-state index is -5.08. The third-order valence-electron chi connectivity index (χ3n) is 5.66. The number of hydrogen-bond donors (Lipinski definition) is 2. The van der Waals surface area contributed by atoms with Crippen LogP contribution in [0.3, 0.4) is 0 Å². The number of carboxylic acids is 1. The summed E-state index contributed by atoms with van der Waals surface area (Å²) in [4.78, 5) is 20.6. The summed E-state index contributed by atoms with van der Waals surface area (Å²) in [6, 6.07) is 6.37. The average Bonchev–Trinajstić information content (AvgIpc) is 3.49. The Morgan fingerprint density at radius 2 is 1.95 bits per heavy atom. The van der Waals surface area contributed by atoms with Gasteiger partial charge in [-0.2, -0.15) is 28.6 Å².